The van der Waals surface area contributed by atoms with E-state index in [1.165, 1.54) is 52.0 Å². The minimum absolute atomic E-state index is 0.00619. The number of phenolic OH excluding ortho intramolecular Hbond substituents is 1. The Kier molecular flexibility index (Phi) is 17.5. The highest BCUT2D eigenvalue weighted by atomic mass is 16.7. The average Bonchev–Trinajstić information content (AvgIpc) is 3.94. The zero-order chi connectivity index (χ0) is 55.9. The Balaban J connectivity index is 1.27. The Bertz CT molecular complexity index is 2600. The van der Waals surface area contributed by atoms with Gasteiger partial charge in [-0.3, -0.25) is 33.6 Å². The van der Waals surface area contributed by atoms with Crippen LogP contribution in [-0.4, -0.2) is 167 Å². The molecule has 0 radical (unpaired) electrons. The molecule has 21 heteroatoms. The van der Waals surface area contributed by atoms with Gasteiger partial charge in [0, 0.05) is 93.8 Å². The summed E-state index contributed by atoms with van der Waals surface area (Å²) in [6.07, 6.45) is -0.617. The number of ether oxygens (including phenoxy) is 8. The highest BCUT2D eigenvalue weighted by Crippen LogP contribution is 2.48. The number of aliphatic hydroxyl groups is 2. The van der Waals surface area contributed by atoms with Crippen LogP contribution in [0.25, 0.3) is 0 Å². The first-order valence-electron chi connectivity index (χ1n) is 25.9. The molecule has 7 aliphatic rings. The largest absolute Gasteiger partial charge is 0.507 e. The number of aromatic hydroxyl groups is 1. The number of likely N-dealkylation sites (N-methyl/N-ethyl adjacent to an activating group) is 1. The molecule has 6 heterocycles. The summed E-state index contributed by atoms with van der Waals surface area (Å²) in [6.45, 7) is 19.2. The smallest absolute Gasteiger partial charge is 0.312 e. The summed E-state index contributed by atoms with van der Waals surface area (Å²) in [4.78, 5) is 100. The summed E-state index contributed by atoms with van der Waals surface area (Å²) in [6, 6.07) is 0. The van der Waals surface area contributed by atoms with Crippen molar-refractivity contribution in [2.75, 3.05) is 40.0 Å². The summed E-state index contributed by atoms with van der Waals surface area (Å²) in [5.41, 5.74) is -3.12. The summed E-state index contributed by atoms with van der Waals surface area (Å²) in [7, 11) is 1.97. The van der Waals surface area contributed by atoms with Gasteiger partial charge in [0.25, 0.3) is 11.7 Å². The van der Waals surface area contributed by atoms with E-state index in [1.54, 1.807) is 46.4 Å². The van der Waals surface area contributed by atoms with Gasteiger partial charge in [-0.15, -0.1) is 0 Å². The van der Waals surface area contributed by atoms with Crippen molar-refractivity contribution >= 4 is 41.1 Å². The van der Waals surface area contributed by atoms with Crippen LogP contribution in [0.3, 0.4) is 0 Å². The number of fused-ring (bicyclic) bond motifs is 15. The van der Waals surface area contributed by atoms with Crippen molar-refractivity contribution in [3.63, 3.8) is 0 Å². The highest BCUT2D eigenvalue weighted by molar-refractivity contribution is 6.30. The van der Waals surface area contributed by atoms with Crippen LogP contribution in [0.15, 0.2) is 47.9 Å². The second kappa shape index (κ2) is 23.0. The number of hydrogen-bond acceptors (Lipinski definition) is 19. The molecule has 4 N–H and O–H groups in total. The number of hydrogen-bond donors (Lipinski definition) is 4. The number of nitrogens with zero attached hydrogens (tertiary/aromatic N) is 2. The molecule has 1 unspecified atom stereocenters. The van der Waals surface area contributed by atoms with Crippen LogP contribution in [0.1, 0.15) is 119 Å². The second-order valence-corrected chi connectivity index (χ2v) is 21.8. The lowest BCUT2D eigenvalue weighted by Crippen LogP contribution is -2.50. The van der Waals surface area contributed by atoms with Crippen LogP contribution < -0.4 is 10.1 Å². The number of Topliss-reactive ketones (excluding diaryl/α,β-unsaturated/α-hetero) is 2. The lowest BCUT2D eigenvalue weighted by molar-refractivity contribution is -0.246. The van der Waals surface area contributed by atoms with Gasteiger partial charge in [-0.2, -0.15) is 0 Å². The number of piperazine rings is 1. The molecule has 5 bridgehead atoms. The Morgan fingerprint density at radius 3 is 2.29 bits per heavy atom. The van der Waals surface area contributed by atoms with Gasteiger partial charge in [-0.1, -0.05) is 39.0 Å². The first-order valence-corrected chi connectivity index (χ1v) is 25.9. The summed E-state index contributed by atoms with van der Waals surface area (Å²) >= 11 is 0. The fourth-order valence-corrected chi connectivity index (χ4v) is 10.7. The van der Waals surface area contributed by atoms with E-state index < -0.39 is 136 Å². The number of carbonyl (C=O) groups is 7. The third kappa shape index (κ3) is 11.8. The number of esters is 2. The molecular formula is C55H73N3O18. The molecule has 2 amide bonds. The van der Waals surface area contributed by atoms with Crippen LogP contribution >= 0.6 is 0 Å². The van der Waals surface area contributed by atoms with Gasteiger partial charge in [0.05, 0.1) is 64.6 Å². The van der Waals surface area contributed by atoms with Crippen molar-refractivity contribution in [1.29, 1.82) is 0 Å². The number of ketones is 3. The zero-order valence-corrected chi connectivity index (χ0v) is 45.3. The first kappa shape index (κ1) is 57.9. The van der Waals surface area contributed by atoms with Crippen molar-refractivity contribution in [2.45, 2.75) is 150 Å². The molecule has 8 rings (SSSR count). The van der Waals surface area contributed by atoms with Crippen molar-refractivity contribution < 1.29 is 86.8 Å². The molecular weight excluding hydrogens is 991 g/mol. The standard InChI is InChI=1S/C55H73N3O18/c1-26-14-13-15-34(31(6)73-53(68)54(9,10)24-39(61)58-19-17-57(12)18-20-58)45(63)28(3)44(62)29(4)48(74-33(8)59)27(2)37(75-40-23-38-50(32(7)72-40)70-25-69-38)16-21-71-55(11)51(66)43-41-36(60)22-35(56-52(26)67)47(65)42(41)46(64)30(5)49(43)76-55/h13-16,21-22,27-29,31-32,34,37-38,40,44-45,48,50,62-64H,17-20,23-25H2,1-12H3,(H,56,67)/b15-13+,21-16+,26-14-/t27-,28+,29-,31?,32-,34-,37+,38+,40+,44-,45-,48-,50-,55+/m1/s1. The van der Waals surface area contributed by atoms with E-state index in [0.29, 0.717) is 26.2 Å². The molecule has 1 aromatic rings. The van der Waals surface area contributed by atoms with E-state index in [2.05, 4.69) is 10.2 Å². The van der Waals surface area contributed by atoms with Gasteiger partial charge < -0.3 is 68.3 Å². The maximum atomic E-state index is 14.4. The fraction of sp³-hybridized carbons (Fsp3) is 0.618. The number of amides is 2. The van der Waals surface area contributed by atoms with Crippen LogP contribution in [0.5, 0.6) is 11.5 Å². The van der Waals surface area contributed by atoms with Crippen molar-refractivity contribution in [3.05, 3.63) is 70.2 Å². The molecule has 0 saturated carbocycles. The molecule has 1 aromatic carbocycles. The quantitative estimate of drug-likeness (QED) is 0.268. The Morgan fingerprint density at radius 1 is 0.934 bits per heavy atom. The van der Waals surface area contributed by atoms with Gasteiger partial charge >= 0.3 is 17.7 Å². The normalized spacial score (nSPS) is 34.6. The Hall–Kier alpha value is -5.81. The predicted molar refractivity (Wildman–Crippen MR) is 269 cm³/mol. The average molecular weight is 1060 g/mol. The number of allylic oxidation sites excluding steroid dienone is 4. The van der Waals surface area contributed by atoms with E-state index in [1.807, 2.05) is 14.0 Å². The molecule has 3 saturated heterocycles. The van der Waals surface area contributed by atoms with Crippen LogP contribution in [0.2, 0.25) is 0 Å². The topological polar surface area (TPSA) is 273 Å². The fourth-order valence-electron chi connectivity index (χ4n) is 10.7. The Morgan fingerprint density at radius 2 is 1.62 bits per heavy atom. The summed E-state index contributed by atoms with van der Waals surface area (Å²) in [5.74, 6) is -12.1. The van der Waals surface area contributed by atoms with Crippen LogP contribution in [-0.2, 0) is 52.3 Å². The summed E-state index contributed by atoms with van der Waals surface area (Å²) in [5, 5.41) is 38.5. The van der Waals surface area contributed by atoms with E-state index in [0.717, 1.165) is 12.3 Å². The van der Waals surface area contributed by atoms with Crippen molar-refractivity contribution in [3.8, 4) is 11.5 Å². The van der Waals surface area contributed by atoms with E-state index in [9.17, 15) is 48.9 Å². The first-order chi connectivity index (χ1) is 35.6. The molecule has 76 heavy (non-hydrogen) atoms. The molecule has 6 aliphatic heterocycles. The maximum Gasteiger partial charge on any atom is 0.312 e. The maximum absolute atomic E-state index is 14.4. The number of aliphatic hydroxyl groups excluding tert-OH is 2. The predicted octanol–water partition coefficient (Wildman–Crippen LogP) is 3.98. The molecule has 14 atom stereocenters. The van der Waals surface area contributed by atoms with Gasteiger partial charge in [0.2, 0.25) is 11.7 Å². The monoisotopic (exact) mass is 1060 g/mol. The SMILES string of the molecule is CC(=O)O[C@H]1[C@H](C)[C@H](O)[C@H](C)[C@@H](O)[C@@H](C(C)OC(=O)C(C)(C)CC(=O)N2CCN(C)CC2)/C=C/C=C(/C)C(=O)NC2=CC(=O)c3c(c(O)c(C)c4c3C(=O)[C@@](C)(O/C=C/[C@H](O[C@H]3C[C@@H]5OCO[C@@H]5[C@@H](C)O3)[C@H]1C)O4)C2=O. The lowest BCUT2D eigenvalue weighted by Gasteiger charge is -2.41. The van der Waals surface area contributed by atoms with Gasteiger partial charge in [-0.25, -0.2) is 0 Å². The number of benzene rings is 1. The second-order valence-electron chi connectivity index (χ2n) is 21.8. The highest BCUT2D eigenvalue weighted by Gasteiger charge is 2.52. The van der Waals surface area contributed by atoms with Crippen molar-refractivity contribution in [1.82, 2.24) is 15.1 Å². The minimum atomic E-state index is -2.17. The molecule has 416 valence electrons. The van der Waals surface area contributed by atoms with Crippen LogP contribution in [0, 0.1) is 36.0 Å². The molecule has 3 fully saturated rings. The number of rotatable bonds is 8. The van der Waals surface area contributed by atoms with Gasteiger partial charge in [0.1, 0.15) is 36.6 Å². The van der Waals surface area contributed by atoms with E-state index >= 15 is 0 Å². The summed E-state index contributed by atoms with van der Waals surface area (Å²) < 4.78 is 48.6. The molecule has 0 spiro atoms. The number of phenols is 1. The molecule has 21 nitrogen and oxygen atoms in total. The minimum Gasteiger partial charge on any atom is -0.507 e. The van der Waals surface area contributed by atoms with E-state index in [4.69, 9.17) is 37.9 Å². The zero-order valence-electron chi connectivity index (χ0n) is 45.3. The molecule has 0 aromatic heterocycles. The number of nitrogens with one attached hydrogen (secondary N) is 1. The molecule has 1 aliphatic carbocycles. The van der Waals surface area contributed by atoms with Crippen molar-refractivity contribution in [2.24, 2.45) is 29.1 Å². The van der Waals surface area contributed by atoms with Gasteiger partial charge in [-0.05, 0) is 54.7 Å². The lowest BCUT2D eigenvalue weighted by atomic mass is 9.77. The number of carbonyl (C=O) groups excluding carboxylic acids is 7. The van der Waals surface area contributed by atoms with Gasteiger partial charge in [0.15, 0.2) is 12.1 Å². The Labute approximate surface area is 442 Å². The third-order valence-electron chi connectivity index (χ3n) is 15.6. The van der Waals surface area contributed by atoms with Crippen LogP contribution in [0.4, 0.5) is 0 Å². The third-order valence-corrected chi connectivity index (χ3v) is 15.6. The van der Waals surface area contributed by atoms with E-state index in [-0.39, 0.29) is 60.2 Å².